The van der Waals surface area contributed by atoms with Crippen LogP contribution in [0.2, 0.25) is 0 Å². The summed E-state index contributed by atoms with van der Waals surface area (Å²) in [6.45, 7) is 5.37. The van der Waals surface area contributed by atoms with E-state index in [1.54, 1.807) is 20.8 Å². The normalized spacial score (nSPS) is 25.7. The Morgan fingerprint density at radius 1 is 1.60 bits per heavy atom. The van der Waals surface area contributed by atoms with Crippen molar-refractivity contribution in [1.29, 1.82) is 0 Å². The molecule has 15 heavy (non-hydrogen) atoms. The van der Waals surface area contributed by atoms with Crippen molar-refractivity contribution in [1.82, 2.24) is 4.90 Å². The molecule has 0 aromatic carbocycles. The highest BCUT2D eigenvalue weighted by Crippen LogP contribution is 2.29. The van der Waals surface area contributed by atoms with Gasteiger partial charge in [-0.3, -0.25) is 4.90 Å². The Morgan fingerprint density at radius 3 is 2.47 bits per heavy atom. The van der Waals surface area contributed by atoms with Crippen molar-refractivity contribution in [2.24, 2.45) is 0 Å². The van der Waals surface area contributed by atoms with Crippen molar-refractivity contribution >= 4 is 12.4 Å². The molecule has 1 atom stereocenters. The molecule has 1 heterocycles. The van der Waals surface area contributed by atoms with E-state index in [4.69, 9.17) is 9.84 Å². The summed E-state index contributed by atoms with van der Waals surface area (Å²) in [4.78, 5) is 23.7. The number of carbonyl (C=O) groups is 2. The first-order valence-electron chi connectivity index (χ1n) is 4.92. The van der Waals surface area contributed by atoms with E-state index >= 15 is 0 Å². The molecule has 1 N–H and O–H groups in total. The Balaban J connectivity index is 2.66. The first-order chi connectivity index (χ1) is 6.84. The van der Waals surface area contributed by atoms with Gasteiger partial charge >= 0.3 is 6.09 Å². The number of aliphatic hydroxyl groups excluding tert-OH is 1. The molecular weight excluding hydrogens is 198 g/mol. The van der Waals surface area contributed by atoms with E-state index in [1.807, 2.05) is 0 Å². The van der Waals surface area contributed by atoms with Crippen molar-refractivity contribution in [2.75, 3.05) is 13.2 Å². The number of likely N-dealkylation sites (tertiary alicyclic amines) is 1. The summed E-state index contributed by atoms with van der Waals surface area (Å²) in [6, 6.07) is 0. The van der Waals surface area contributed by atoms with Crippen LogP contribution in [-0.2, 0) is 9.53 Å². The summed E-state index contributed by atoms with van der Waals surface area (Å²) in [6.07, 6.45) is 0.557. The molecule has 0 spiro atoms. The molecule has 5 heteroatoms. The maximum atomic E-state index is 11.6. The third kappa shape index (κ3) is 2.28. The zero-order valence-electron chi connectivity index (χ0n) is 9.32. The molecular formula is C10H17NO4. The lowest BCUT2D eigenvalue weighted by Crippen LogP contribution is -2.65. The van der Waals surface area contributed by atoms with Gasteiger partial charge in [-0.05, 0) is 27.2 Å². The van der Waals surface area contributed by atoms with E-state index in [1.165, 1.54) is 4.90 Å². The van der Waals surface area contributed by atoms with Crippen LogP contribution in [0.4, 0.5) is 4.79 Å². The van der Waals surface area contributed by atoms with E-state index in [-0.39, 0.29) is 6.61 Å². The van der Waals surface area contributed by atoms with Crippen LogP contribution < -0.4 is 0 Å². The second kappa shape index (κ2) is 3.81. The Labute approximate surface area is 89.0 Å². The van der Waals surface area contributed by atoms with Crippen LogP contribution in [0.25, 0.3) is 0 Å². The molecule has 1 unspecified atom stereocenters. The maximum absolute atomic E-state index is 11.6. The average molecular weight is 215 g/mol. The van der Waals surface area contributed by atoms with Crippen molar-refractivity contribution in [2.45, 2.75) is 38.3 Å². The number of ether oxygens (including phenoxy) is 1. The zero-order valence-corrected chi connectivity index (χ0v) is 9.32. The van der Waals surface area contributed by atoms with Gasteiger partial charge in [0.1, 0.15) is 17.4 Å². The maximum Gasteiger partial charge on any atom is 0.411 e. The average Bonchev–Trinajstić information content (AvgIpc) is 2.01. The highest BCUT2D eigenvalue weighted by molar-refractivity contribution is 5.79. The molecule has 1 amide bonds. The van der Waals surface area contributed by atoms with Crippen molar-refractivity contribution in [3.05, 3.63) is 0 Å². The Kier molecular flexibility index (Phi) is 3.04. The number of rotatable bonds is 2. The molecule has 1 rings (SSSR count). The molecule has 5 nitrogen and oxygen atoms in total. The number of amides is 1. The SMILES string of the molecule is CC(C)(C)OC(=O)N1CCC1(C=O)CO. The highest BCUT2D eigenvalue weighted by Gasteiger charge is 2.48. The fourth-order valence-corrected chi connectivity index (χ4v) is 1.43. The van der Waals surface area contributed by atoms with Crippen LogP contribution in [0, 0.1) is 0 Å². The summed E-state index contributed by atoms with van der Waals surface area (Å²) in [5.41, 5.74) is -1.64. The topological polar surface area (TPSA) is 66.8 Å². The molecule has 0 aromatic rings. The Hall–Kier alpha value is -1.10. The lowest BCUT2D eigenvalue weighted by Gasteiger charge is -2.47. The van der Waals surface area contributed by atoms with Crippen LogP contribution >= 0.6 is 0 Å². The van der Waals surface area contributed by atoms with Gasteiger partial charge in [0.25, 0.3) is 0 Å². The second-order valence-corrected chi connectivity index (χ2v) is 4.76. The number of nitrogens with zero attached hydrogens (tertiary/aromatic N) is 1. The van der Waals surface area contributed by atoms with Crippen molar-refractivity contribution in [3.8, 4) is 0 Å². The predicted molar refractivity (Wildman–Crippen MR) is 53.4 cm³/mol. The third-order valence-electron chi connectivity index (χ3n) is 2.41. The van der Waals surface area contributed by atoms with Crippen LogP contribution in [0.5, 0.6) is 0 Å². The van der Waals surface area contributed by atoms with Crippen LogP contribution in [-0.4, -0.2) is 46.7 Å². The first-order valence-corrected chi connectivity index (χ1v) is 4.92. The summed E-state index contributed by atoms with van der Waals surface area (Å²) in [5.74, 6) is 0. The van der Waals surface area contributed by atoms with Crippen LogP contribution in [0.1, 0.15) is 27.2 Å². The molecule has 0 aromatic heterocycles. The van der Waals surface area contributed by atoms with Gasteiger partial charge in [0.2, 0.25) is 0 Å². The highest BCUT2D eigenvalue weighted by atomic mass is 16.6. The number of hydrogen-bond donors (Lipinski definition) is 1. The lowest BCUT2D eigenvalue weighted by atomic mass is 9.87. The fourth-order valence-electron chi connectivity index (χ4n) is 1.43. The van der Waals surface area contributed by atoms with Crippen LogP contribution in [0.3, 0.4) is 0 Å². The minimum atomic E-state index is -1.05. The molecule has 0 radical (unpaired) electrons. The Bertz CT molecular complexity index is 267. The molecule has 1 fully saturated rings. The molecule has 1 saturated heterocycles. The van der Waals surface area contributed by atoms with E-state index in [9.17, 15) is 9.59 Å². The Morgan fingerprint density at radius 2 is 2.20 bits per heavy atom. The van der Waals surface area contributed by atoms with Crippen molar-refractivity contribution < 1.29 is 19.4 Å². The molecule has 0 aliphatic carbocycles. The summed E-state index contributed by atoms with van der Waals surface area (Å²) in [7, 11) is 0. The number of hydrogen-bond acceptors (Lipinski definition) is 4. The fraction of sp³-hybridized carbons (Fsp3) is 0.800. The van der Waals surface area contributed by atoms with Gasteiger partial charge in [-0.2, -0.15) is 0 Å². The van der Waals surface area contributed by atoms with E-state index in [0.29, 0.717) is 19.3 Å². The van der Waals surface area contributed by atoms with Gasteiger partial charge in [-0.25, -0.2) is 4.79 Å². The summed E-state index contributed by atoms with van der Waals surface area (Å²) >= 11 is 0. The van der Waals surface area contributed by atoms with E-state index < -0.39 is 17.2 Å². The third-order valence-corrected chi connectivity index (χ3v) is 2.41. The predicted octanol–water partition coefficient (Wildman–Crippen LogP) is 0.557. The van der Waals surface area contributed by atoms with Gasteiger partial charge < -0.3 is 14.6 Å². The van der Waals surface area contributed by atoms with Gasteiger partial charge in [0, 0.05) is 6.54 Å². The van der Waals surface area contributed by atoms with Gasteiger partial charge in [0.05, 0.1) is 6.61 Å². The molecule has 0 bridgehead atoms. The second-order valence-electron chi connectivity index (χ2n) is 4.76. The van der Waals surface area contributed by atoms with Gasteiger partial charge in [-0.1, -0.05) is 0 Å². The largest absolute Gasteiger partial charge is 0.444 e. The van der Waals surface area contributed by atoms with Gasteiger partial charge in [-0.15, -0.1) is 0 Å². The number of aldehydes is 1. The smallest absolute Gasteiger partial charge is 0.411 e. The quantitative estimate of drug-likeness (QED) is 0.683. The first kappa shape index (κ1) is 12.0. The monoisotopic (exact) mass is 215 g/mol. The standard InChI is InChI=1S/C10H17NO4/c1-9(2,3)15-8(14)11-5-4-10(11,6-12)7-13/h6,13H,4-5,7H2,1-3H3. The molecule has 86 valence electrons. The minimum Gasteiger partial charge on any atom is -0.444 e. The molecule has 1 aliphatic heterocycles. The summed E-state index contributed by atoms with van der Waals surface area (Å²) in [5, 5.41) is 9.07. The van der Waals surface area contributed by atoms with Gasteiger partial charge in [0.15, 0.2) is 0 Å². The molecule has 1 aliphatic rings. The van der Waals surface area contributed by atoms with E-state index in [2.05, 4.69) is 0 Å². The number of carbonyl (C=O) groups excluding carboxylic acids is 2. The zero-order chi connectivity index (χ0) is 11.7. The van der Waals surface area contributed by atoms with Crippen LogP contribution in [0.15, 0.2) is 0 Å². The molecule has 0 saturated carbocycles. The lowest BCUT2D eigenvalue weighted by molar-refractivity contribution is -0.131. The summed E-state index contributed by atoms with van der Waals surface area (Å²) < 4.78 is 5.12. The van der Waals surface area contributed by atoms with Crippen molar-refractivity contribution in [3.63, 3.8) is 0 Å². The van der Waals surface area contributed by atoms with E-state index in [0.717, 1.165) is 0 Å². The minimum absolute atomic E-state index is 0.351. The number of aliphatic hydroxyl groups is 1.